The van der Waals surface area contributed by atoms with Crippen molar-refractivity contribution in [2.24, 2.45) is 0 Å². The van der Waals surface area contributed by atoms with E-state index < -0.39 is 28.5 Å². The van der Waals surface area contributed by atoms with E-state index in [0.29, 0.717) is 26.3 Å². The predicted molar refractivity (Wildman–Crippen MR) is 109 cm³/mol. The number of amides is 1. The fourth-order valence-corrected chi connectivity index (χ4v) is 4.43. The number of rotatable bonds is 7. The lowest BCUT2D eigenvalue weighted by molar-refractivity contribution is -0.124. The molecule has 1 saturated heterocycles. The monoisotopic (exact) mass is 432 g/mol. The smallest absolute Gasteiger partial charge is 0.338 e. The first-order valence-corrected chi connectivity index (χ1v) is 11.0. The Kier molecular flexibility index (Phi) is 7.20. The van der Waals surface area contributed by atoms with Gasteiger partial charge in [-0.1, -0.05) is 30.3 Å². The number of hydrogen-bond donors (Lipinski definition) is 1. The van der Waals surface area contributed by atoms with Gasteiger partial charge in [-0.05, 0) is 36.8 Å². The van der Waals surface area contributed by atoms with Gasteiger partial charge < -0.3 is 14.8 Å². The van der Waals surface area contributed by atoms with Crippen LogP contribution >= 0.6 is 0 Å². The van der Waals surface area contributed by atoms with Gasteiger partial charge in [0.2, 0.25) is 10.0 Å². The number of hydrogen-bond acceptors (Lipinski definition) is 6. The molecule has 0 radical (unpaired) electrons. The lowest BCUT2D eigenvalue weighted by atomic mass is 10.1. The minimum Gasteiger partial charge on any atom is -0.452 e. The van der Waals surface area contributed by atoms with Crippen LogP contribution in [-0.2, 0) is 24.3 Å². The third-order valence-electron chi connectivity index (χ3n) is 4.71. The topological polar surface area (TPSA) is 102 Å². The fourth-order valence-electron chi connectivity index (χ4n) is 3.02. The van der Waals surface area contributed by atoms with E-state index in [1.165, 1.54) is 28.6 Å². The number of carbonyl (C=O) groups excluding carboxylic acids is 2. The zero-order valence-electron chi connectivity index (χ0n) is 16.6. The Labute approximate surface area is 175 Å². The van der Waals surface area contributed by atoms with Gasteiger partial charge in [0.1, 0.15) is 0 Å². The van der Waals surface area contributed by atoms with Crippen molar-refractivity contribution in [3.63, 3.8) is 0 Å². The summed E-state index contributed by atoms with van der Waals surface area (Å²) in [4.78, 5) is 24.3. The summed E-state index contributed by atoms with van der Waals surface area (Å²) in [7, 11) is -3.63. The van der Waals surface area contributed by atoms with Gasteiger partial charge in [0, 0.05) is 13.1 Å². The summed E-state index contributed by atoms with van der Waals surface area (Å²) in [5.41, 5.74) is 1.11. The van der Waals surface area contributed by atoms with Gasteiger partial charge in [0.05, 0.1) is 29.7 Å². The van der Waals surface area contributed by atoms with E-state index in [1.54, 1.807) is 0 Å². The second-order valence-corrected chi connectivity index (χ2v) is 8.75. The highest BCUT2D eigenvalue weighted by atomic mass is 32.2. The zero-order valence-corrected chi connectivity index (χ0v) is 17.4. The van der Waals surface area contributed by atoms with Crippen LogP contribution in [0.4, 0.5) is 0 Å². The van der Waals surface area contributed by atoms with E-state index in [9.17, 15) is 18.0 Å². The van der Waals surface area contributed by atoms with Crippen LogP contribution in [0.15, 0.2) is 59.5 Å². The summed E-state index contributed by atoms with van der Waals surface area (Å²) in [6, 6.07) is 14.7. The normalized spacial score (nSPS) is 15.9. The van der Waals surface area contributed by atoms with Crippen molar-refractivity contribution in [2.75, 3.05) is 32.9 Å². The van der Waals surface area contributed by atoms with Crippen LogP contribution < -0.4 is 5.32 Å². The molecule has 0 aromatic heterocycles. The predicted octanol–water partition coefficient (Wildman–Crippen LogP) is 1.74. The largest absolute Gasteiger partial charge is 0.452 e. The molecule has 8 nitrogen and oxygen atoms in total. The first-order chi connectivity index (χ1) is 14.4. The lowest BCUT2D eigenvalue weighted by Gasteiger charge is -2.26. The van der Waals surface area contributed by atoms with Gasteiger partial charge in [-0.25, -0.2) is 13.2 Å². The van der Waals surface area contributed by atoms with Gasteiger partial charge in [0.15, 0.2) is 6.61 Å². The Hall–Kier alpha value is -2.75. The molecule has 1 heterocycles. The second-order valence-electron chi connectivity index (χ2n) is 6.82. The minimum absolute atomic E-state index is 0.0929. The van der Waals surface area contributed by atoms with Crippen molar-refractivity contribution < 1.29 is 27.5 Å². The van der Waals surface area contributed by atoms with Crippen molar-refractivity contribution in [1.29, 1.82) is 0 Å². The van der Waals surface area contributed by atoms with Crippen molar-refractivity contribution in [2.45, 2.75) is 17.9 Å². The maximum absolute atomic E-state index is 12.6. The standard InChI is InChI=1S/C21H24N2O6S/c1-16(17-5-3-2-4-6-17)22-20(24)15-29-21(25)18-7-9-19(10-8-18)30(26,27)23-11-13-28-14-12-23/h2-10,16H,11-15H2,1H3,(H,22,24). The van der Waals surface area contributed by atoms with E-state index in [1.807, 2.05) is 37.3 Å². The molecule has 9 heteroatoms. The molecular formula is C21H24N2O6S. The summed E-state index contributed by atoms with van der Waals surface area (Å²) in [5, 5.41) is 2.76. The van der Waals surface area contributed by atoms with Crippen molar-refractivity contribution >= 4 is 21.9 Å². The summed E-state index contributed by atoms with van der Waals surface area (Å²) in [6.07, 6.45) is 0. The molecule has 1 amide bonds. The minimum atomic E-state index is -3.63. The highest BCUT2D eigenvalue weighted by Gasteiger charge is 2.26. The highest BCUT2D eigenvalue weighted by Crippen LogP contribution is 2.18. The molecule has 1 unspecified atom stereocenters. The van der Waals surface area contributed by atoms with Crippen LogP contribution in [-0.4, -0.2) is 57.5 Å². The van der Waals surface area contributed by atoms with E-state index in [-0.39, 0.29) is 16.5 Å². The number of sulfonamides is 1. The molecule has 2 aromatic carbocycles. The Morgan fingerprint density at radius 1 is 1.07 bits per heavy atom. The lowest BCUT2D eigenvalue weighted by Crippen LogP contribution is -2.40. The van der Waals surface area contributed by atoms with E-state index >= 15 is 0 Å². The molecule has 0 bridgehead atoms. The first kappa shape index (κ1) is 21.9. The van der Waals surface area contributed by atoms with Crippen molar-refractivity contribution in [1.82, 2.24) is 9.62 Å². The van der Waals surface area contributed by atoms with Gasteiger partial charge in [-0.3, -0.25) is 4.79 Å². The molecule has 0 spiro atoms. The van der Waals surface area contributed by atoms with Crippen LogP contribution in [0.1, 0.15) is 28.9 Å². The highest BCUT2D eigenvalue weighted by molar-refractivity contribution is 7.89. The average molecular weight is 432 g/mol. The summed E-state index contributed by atoms with van der Waals surface area (Å²) >= 11 is 0. The number of benzene rings is 2. The number of nitrogens with zero attached hydrogens (tertiary/aromatic N) is 1. The zero-order chi connectivity index (χ0) is 21.6. The number of nitrogens with one attached hydrogen (secondary N) is 1. The Bertz CT molecular complexity index is 970. The summed E-state index contributed by atoms with van der Waals surface area (Å²) in [6.45, 7) is 2.71. The molecule has 3 rings (SSSR count). The average Bonchev–Trinajstić information content (AvgIpc) is 2.78. The molecule has 1 aliphatic heterocycles. The number of ether oxygens (including phenoxy) is 2. The van der Waals surface area contributed by atoms with E-state index in [4.69, 9.17) is 9.47 Å². The number of carbonyl (C=O) groups is 2. The molecule has 1 aliphatic rings. The third-order valence-corrected chi connectivity index (χ3v) is 6.62. The number of esters is 1. The summed E-state index contributed by atoms with van der Waals surface area (Å²) < 4.78 is 36.8. The van der Waals surface area contributed by atoms with E-state index in [2.05, 4.69) is 5.32 Å². The van der Waals surface area contributed by atoms with Crippen LogP contribution in [0.3, 0.4) is 0 Å². The van der Waals surface area contributed by atoms with Crippen molar-refractivity contribution in [3.05, 3.63) is 65.7 Å². The number of morpholine rings is 1. The molecule has 0 aliphatic carbocycles. The quantitative estimate of drug-likeness (QED) is 0.669. The van der Waals surface area contributed by atoms with Crippen LogP contribution in [0.25, 0.3) is 0 Å². The Morgan fingerprint density at radius 2 is 1.70 bits per heavy atom. The molecule has 160 valence electrons. The SMILES string of the molecule is CC(NC(=O)COC(=O)c1ccc(S(=O)(=O)N2CCOCC2)cc1)c1ccccc1. The molecule has 1 N–H and O–H groups in total. The van der Waals surface area contributed by atoms with E-state index in [0.717, 1.165) is 5.56 Å². The van der Waals surface area contributed by atoms with Gasteiger partial charge in [-0.2, -0.15) is 4.31 Å². The maximum atomic E-state index is 12.6. The third kappa shape index (κ3) is 5.44. The Balaban J connectivity index is 1.54. The van der Waals surface area contributed by atoms with Crippen LogP contribution in [0.5, 0.6) is 0 Å². The molecular weight excluding hydrogens is 408 g/mol. The molecule has 1 atom stereocenters. The Morgan fingerprint density at radius 3 is 2.33 bits per heavy atom. The van der Waals surface area contributed by atoms with Crippen LogP contribution in [0.2, 0.25) is 0 Å². The van der Waals surface area contributed by atoms with Crippen molar-refractivity contribution in [3.8, 4) is 0 Å². The van der Waals surface area contributed by atoms with Gasteiger partial charge in [-0.15, -0.1) is 0 Å². The first-order valence-electron chi connectivity index (χ1n) is 9.57. The molecule has 0 saturated carbocycles. The molecule has 2 aromatic rings. The molecule has 30 heavy (non-hydrogen) atoms. The second kappa shape index (κ2) is 9.84. The maximum Gasteiger partial charge on any atom is 0.338 e. The fraction of sp³-hybridized carbons (Fsp3) is 0.333. The van der Waals surface area contributed by atoms with Gasteiger partial charge in [0.25, 0.3) is 5.91 Å². The van der Waals surface area contributed by atoms with Crippen LogP contribution in [0, 0.1) is 0 Å². The molecule has 1 fully saturated rings. The van der Waals surface area contributed by atoms with Gasteiger partial charge >= 0.3 is 5.97 Å². The summed E-state index contributed by atoms with van der Waals surface area (Å²) in [5.74, 6) is -1.13.